The van der Waals surface area contributed by atoms with Crippen molar-refractivity contribution >= 4 is 16.9 Å². The molecule has 0 bridgehead atoms. The first-order valence-corrected chi connectivity index (χ1v) is 4.40. The van der Waals surface area contributed by atoms with Crippen LogP contribution in [0.15, 0.2) is 18.7 Å². The second kappa shape index (κ2) is 3.52. The molecule has 0 unspecified atom stereocenters. The van der Waals surface area contributed by atoms with E-state index in [2.05, 4.69) is 13.5 Å². The van der Waals surface area contributed by atoms with E-state index in [1.165, 1.54) is 5.56 Å². The predicted molar refractivity (Wildman–Crippen MR) is 59.4 cm³/mol. The minimum atomic E-state index is 0.643. The van der Waals surface area contributed by atoms with Crippen LogP contribution in [0.25, 0.3) is 5.57 Å². The minimum absolute atomic E-state index is 0.643. The van der Waals surface area contributed by atoms with E-state index < -0.39 is 0 Å². The highest BCUT2D eigenvalue weighted by atomic mass is 14.7. The predicted octanol–water partition coefficient (Wildman–Crippen LogP) is 2.45. The van der Waals surface area contributed by atoms with Crippen LogP contribution >= 0.6 is 0 Å². The third kappa shape index (κ3) is 1.83. The molecule has 0 amide bonds. The van der Waals surface area contributed by atoms with Gasteiger partial charge in [-0.1, -0.05) is 13.5 Å². The summed E-state index contributed by atoms with van der Waals surface area (Å²) in [6.07, 6.45) is 0.963. The van der Waals surface area contributed by atoms with Crippen molar-refractivity contribution in [2.24, 2.45) is 0 Å². The Morgan fingerprint density at radius 1 is 1.38 bits per heavy atom. The molecule has 1 aromatic carbocycles. The molecule has 0 atom stereocenters. The Kier molecular flexibility index (Phi) is 2.61. The van der Waals surface area contributed by atoms with Gasteiger partial charge in [-0.15, -0.1) is 0 Å². The van der Waals surface area contributed by atoms with E-state index in [1.54, 1.807) is 0 Å². The van der Waals surface area contributed by atoms with Crippen molar-refractivity contribution in [1.29, 1.82) is 0 Å². The van der Waals surface area contributed by atoms with Gasteiger partial charge in [0.05, 0.1) is 11.4 Å². The van der Waals surface area contributed by atoms with Gasteiger partial charge >= 0.3 is 0 Å². The number of rotatable bonds is 2. The van der Waals surface area contributed by atoms with Crippen molar-refractivity contribution in [1.82, 2.24) is 0 Å². The normalized spacial score (nSPS) is 10.0. The largest absolute Gasteiger partial charge is 0.397 e. The van der Waals surface area contributed by atoms with Crippen molar-refractivity contribution in [3.8, 4) is 0 Å². The topological polar surface area (TPSA) is 52.0 Å². The third-order valence-corrected chi connectivity index (χ3v) is 2.14. The molecule has 0 aliphatic carbocycles. The average molecular weight is 176 g/mol. The lowest BCUT2D eigenvalue weighted by molar-refractivity contribution is 1.14. The first-order chi connectivity index (χ1) is 6.06. The molecule has 0 aliphatic rings. The molecule has 13 heavy (non-hydrogen) atoms. The molecule has 0 fully saturated rings. The number of anilines is 2. The van der Waals surface area contributed by atoms with Gasteiger partial charge < -0.3 is 11.5 Å². The Hall–Kier alpha value is -1.44. The SMILES string of the molecule is C=C(C)c1cc(CC)cc(N)c1N. The molecular weight excluding hydrogens is 160 g/mol. The van der Waals surface area contributed by atoms with Crippen LogP contribution in [0.4, 0.5) is 11.4 Å². The zero-order valence-electron chi connectivity index (χ0n) is 8.22. The van der Waals surface area contributed by atoms with E-state index in [-0.39, 0.29) is 0 Å². The van der Waals surface area contributed by atoms with Gasteiger partial charge in [0.1, 0.15) is 0 Å². The number of nitrogen functional groups attached to an aromatic ring is 2. The van der Waals surface area contributed by atoms with Gasteiger partial charge in [0.25, 0.3) is 0 Å². The molecule has 70 valence electrons. The molecule has 0 saturated carbocycles. The summed E-state index contributed by atoms with van der Waals surface area (Å²) in [7, 11) is 0. The summed E-state index contributed by atoms with van der Waals surface area (Å²) in [6, 6.07) is 3.97. The molecule has 2 nitrogen and oxygen atoms in total. The molecule has 0 spiro atoms. The van der Waals surface area contributed by atoms with Crippen molar-refractivity contribution in [2.45, 2.75) is 20.3 Å². The summed E-state index contributed by atoms with van der Waals surface area (Å²) in [5.41, 5.74) is 16.0. The fourth-order valence-corrected chi connectivity index (χ4v) is 1.30. The Morgan fingerprint density at radius 2 is 2.00 bits per heavy atom. The quantitative estimate of drug-likeness (QED) is 0.680. The van der Waals surface area contributed by atoms with Crippen LogP contribution in [0.2, 0.25) is 0 Å². The monoisotopic (exact) mass is 176 g/mol. The fraction of sp³-hybridized carbons (Fsp3) is 0.273. The summed E-state index contributed by atoms with van der Waals surface area (Å²) < 4.78 is 0. The van der Waals surface area contributed by atoms with E-state index in [9.17, 15) is 0 Å². The lowest BCUT2D eigenvalue weighted by Gasteiger charge is -2.10. The lowest BCUT2D eigenvalue weighted by atomic mass is 10.0. The van der Waals surface area contributed by atoms with Gasteiger partial charge in [0, 0.05) is 5.56 Å². The van der Waals surface area contributed by atoms with E-state index in [1.807, 2.05) is 19.1 Å². The van der Waals surface area contributed by atoms with Gasteiger partial charge in [-0.3, -0.25) is 0 Å². The number of hydrogen-bond acceptors (Lipinski definition) is 2. The third-order valence-electron chi connectivity index (χ3n) is 2.14. The van der Waals surface area contributed by atoms with Crippen LogP contribution in [-0.2, 0) is 6.42 Å². The molecule has 1 aromatic rings. The first-order valence-electron chi connectivity index (χ1n) is 4.40. The first kappa shape index (κ1) is 9.65. The minimum Gasteiger partial charge on any atom is -0.397 e. The highest BCUT2D eigenvalue weighted by Gasteiger charge is 2.05. The molecule has 0 aromatic heterocycles. The summed E-state index contributed by atoms with van der Waals surface area (Å²) >= 11 is 0. The number of benzene rings is 1. The van der Waals surface area contributed by atoms with Crippen LogP contribution in [0.1, 0.15) is 25.0 Å². The van der Waals surface area contributed by atoms with E-state index >= 15 is 0 Å². The van der Waals surface area contributed by atoms with Crippen molar-refractivity contribution < 1.29 is 0 Å². The molecule has 1 rings (SSSR count). The standard InChI is InChI=1S/C11H16N2/c1-4-8-5-9(7(2)3)11(13)10(12)6-8/h5-6H,2,4,12-13H2,1,3H3. The second-order valence-electron chi connectivity index (χ2n) is 3.28. The Bertz CT molecular complexity index is 340. The molecular formula is C11H16N2. The van der Waals surface area contributed by atoms with Crippen molar-refractivity contribution in [2.75, 3.05) is 11.5 Å². The van der Waals surface area contributed by atoms with E-state index in [0.29, 0.717) is 11.4 Å². The lowest BCUT2D eigenvalue weighted by Crippen LogP contribution is -2.00. The van der Waals surface area contributed by atoms with E-state index in [0.717, 1.165) is 17.6 Å². The zero-order valence-corrected chi connectivity index (χ0v) is 8.22. The fourth-order valence-electron chi connectivity index (χ4n) is 1.30. The Labute approximate surface area is 79.2 Å². The Balaban J connectivity index is 3.33. The van der Waals surface area contributed by atoms with Crippen LogP contribution < -0.4 is 11.5 Å². The maximum Gasteiger partial charge on any atom is 0.0624 e. The van der Waals surface area contributed by atoms with Crippen LogP contribution in [0.5, 0.6) is 0 Å². The molecule has 0 heterocycles. The zero-order chi connectivity index (χ0) is 10.0. The van der Waals surface area contributed by atoms with Gasteiger partial charge in [-0.25, -0.2) is 0 Å². The van der Waals surface area contributed by atoms with E-state index in [4.69, 9.17) is 11.5 Å². The maximum atomic E-state index is 5.82. The van der Waals surface area contributed by atoms with Crippen molar-refractivity contribution in [3.05, 3.63) is 29.8 Å². The summed E-state index contributed by atoms with van der Waals surface area (Å²) in [5, 5.41) is 0. The van der Waals surface area contributed by atoms with Crippen LogP contribution in [-0.4, -0.2) is 0 Å². The molecule has 0 radical (unpaired) electrons. The molecule has 0 saturated heterocycles. The van der Waals surface area contributed by atoms with Crippen LogP contribution in [0.3, 0.4) is 0 Å². The summed E-state index contributed by atoms with van der Waals surface area (Å²) in [4.78, 5) is 0. The number of aryl methyl sites for hydroxylation is 1. The summed E-state index contributed by atoms with van der Waals surface area (Å²) in [5.74, 6) is 0. The molecule has 4 N–H and O–H groups in total. The van der Waals surface area contributed by atoms with Gasteiger partial charge in [-0.05, 0) is 36.6 Å². The number of nitrogens with two attached hydrogens (primary N) is 2. The average Bonchev–Trinajstić information content (AvgIpc) is 2.09. The van der Waals surface area contributed by atoms with Gasteiger partial charge in [0.2, 0.25) is 0 Å². The maximum absolute atomic E-state index is 5.82. The Morgan fingerprint density at radius 3 is 2.46 bits per heavy atom. The highest BCUT2D eigenvalue weighted by molar-refractivity contribution is 5.81. The number of hydrogen-bond donors (Lipinski definition) is 2. The molecule has 2 heteroatoms. The molecule has 0 aliphatic heterocycles. The second-order valence-corrected chi connectivity index (χ2v) is 3.28. The van der Waals surface area contributed by atoms with Gasteiger partial charge in [0.15, 0.2) is 0 Å². The van der Waals surface area contributed by atoms with Crippen molar-refractivity contribution in [3.63, 3.8) is 0 Å². The van der Waals surface area contributed by atoms with Gasteiger partial charge in [-0.2, -0.15) is 0 Å². The number of allylic oxidation sites excluding steroid dienone is 1. The summed E-state index contributed by atoms with van der Waals surface area (Å²) in [6.45, 7) is 7.89. The smallest absolute Gasteiger partial charge is 0.0624 e. The highest BCUT2D eigenvalue weighted by Crippen LogP contribution is 2.27. The van der Waals surface area contributed by atoms with Crippen LogP contribution in [0, 0.1) is 0 Å².